The summed E-state index contributed by atoms with van der Waals surface area (Å²) in [6.07, 6.45) is 3.68. The smallest absolute Gasteiger partial charge is 0.337 e. The number of carbonyl (C=O) groups is 1. The van der Waals surface area contributed by atoms with Crippen molar-refractivity contribution < 1.29 is 27.4 Å². The second-order valence-corrected chi connectivity index (χ2v) is 12.9. The van der Waals surface area contributed by atoms with Crippen LogP contribution < -0.4 is 4.74 Å². The van der Waals surface area contributed by atoms with Gasteiger partial charge in [0.2, 0.25) is 0 Å². The number of para-hydroxylation sites is 1. The quantitative estimate of drug-likeness (QED) is 0.183. The van der Waals surface area contributed by atoms with Crippen molar-refractivity contribution in [2.24, 2.45) is 5.41 Å². The Hall–Kier alpha value is -3.82. The zero-order valence-electron chi connectivity index (χ0n) is 24.9. The molecule has 1 aliphatic carbocycles. The molecule has 2 fully saturated rings. The molecule has 7 rings (SSSR count). The van der Waals surface area contributed by atoms with Crippen LogP contribution in [0.1, 0.15) is 70.6 Å². The number of imidazole rings is 1. The fourth-order valence-corrected chi connectivity index (χ4v) is 6.79. The van der Waals surface area contributed by atoms with Gasteiger partial charge in [0.15, 0.2) is 0 Å². The molecule has 4 aromatic rings. The van der Waals surface area contributed by atoms with E-state index < -0.39 is 23.7 Å². The molecular weight excluding hydrogens is 603 g/mol. The van der Waals surface area contributed by atoms with Crippen LogP contribution in [0.25, 0.3) is 16.9 Å². The Morgan fingerprint density at radius 3 is 2.60 bits per heavy atom. The maximum Gasteiger partial charge on any atom is 0.337 e. The minimum Gasteiger partial charge on any atom is -0.480 e. The summed E-state index contributed by atoms with van der Waals surface area (Å²) in [5, 5.41) is 0.264. The van der Waals surface area contributed by atoms with Crippen LogP contribution in [0.4, 0.5) is 13.2 Å². The van der Waals surface area contributed by atoms with Crippen molar-refractivity contribution in [1.29, 1.82) is 0 Å². The highest BCUT2D eigenvalue weighted by Crippen LogP contribution is 2.48. The van der Waals surface area contributed by atoms with Crippen LogP contribution in [-0.2, 0) is 17.8 Å². The number of alkyl halides is 1. The first-order chi connectivity index (χ1) is 21.8. The molecule has 3 aliphatic rings. The van der Waals surface area contributed by atoms with Crippen LogP contribution in [0.15, 0.2) is 60.7 Å². The van der Waals surface area contributed by atoms with Gasteiger partial charge in [-0.3, -0.25) is 9.29 Å². The monoisotopic (exact) mass is 635 g/mol. The molecule has 45 heavy (non-hydrogen) atoms. The van der Waals surface area contributed by atoms with Crippen LogP contribution >= 0.6 is 11.6 Å². The van der Waals surface area contributed by atoms with Crippen LogP contribution in [0.3, 0.4) is 0 Å². The number of likely N-dealkylation sites (tertiary alicyclic amines) is 1. The van der Waals surface area contributed by atoms with Crippen molar-refractivity contribution >= 4 is 34.4 Å². The highest BCUT2D eigenvalue weighted by Gasteiger charge is 2.44. The lowest BCUT2D eigenvalue weighted by molar-refractivity contribution is 0.0601. The molecule has 234 valence electrons. The number of esters is 1. The number of rotatable bonds is 8. The van der Waals surface area contributed by atoms with Crippen molar-refractivity contribution in [3.63, 3.8) is 0 Å². The van der Waals surface area contributed by atoms with E-state index in [4.69, 9.17) is 26.1 Å². The van der Waals surface area contributed by atoms with Gasteiger partial charge in [-0.05, 0) is 92.7 Å². The zero-order valence-corrected chi connectivity index (χ0v) is 25.6. The molecule has 10 heteroatoms. The van der Waals surface area contributed by atoms with Crippen LogP contribution in [-0.4, -0.2) is 47.3 Å². The lowest BCUT2D eigenvalue weighted by Crippen LogP contribution is -2.34. The van der Waals surface area contributed by atoms with Gasteiger partial charge in [0.1, 0.15) is 29.3 Å². The summed E-state index contributed by atoms with van der Waals surface area (Å²) < 4.78 is 57.3. The number of hydrogen-bond donors (Lipinski definition) is 0. The molecular formula is C35H33ClF3N3O3. The average Bonchev–Trinajstić information content (AvgIpc) is 3.75. The van der Waals surface area contributed by atoms with Crippen molar-refractivity contribution in [2.45, 2.75) is 50.8 Å². The first kappa shape index (κ1) is 29.9. The van der Waals surface area contributed by atoms with Gasteiger partial charge < -0.3 is 14.0 Å². The Balaban J connectivity index is 1.10. The van der Waals surface area contributed by atoms with Crippen molar-refractivity contribution in [1.82, 2.24) is 14.5 Å². The van der Waals surface area contributed by atoms with Crippen molar-refractivity contribution in [3.05, 3.63) is 99.6 Å². The maximum atomic E-state index is 15.3. The van der Waals surface area contributed by atoms with Crippen LogP contribution in [0, 0.1) is 11.2 Å². The number of hydrogen-bond acceptors (Lipinski definition) is 5. The summed E-state index contributed by atoms with van der Waals surface area (Å²) >= 11 is 5.93. The van der Waals surface area contributed by atoms with Gasteiger partial charge >= 0.3 is 5.97 Å². The molecule has 0 amide bonds. The van der Waals surface area contributed by atoms with E-state index in [0.717, 1.165) is 61.2 Å². The fourth-order valence-electron chi connectivity index (χ4n) is 6.63. The third-order valence-corrected chi connectivity index (χ3v) is 9.72. The van der Waals surface area contributed by atoms with Gasteiger partial charge in [-0.2, -0.15) is 0 Å². The average molecular weight is 636 g/mol. The Morgan fingerprint density at radius 2 is 1.89 bits per heavy atom. The van der Waals surface area contributed by atoms with Crippen LogP contribution in [0.5, 0.6) is 5.75 Å². The van der Waals surface area contributed by atoms with E-state index in [1.807, 2.05) is 18.2 Å². The molecule has 6 nitrogen and oxygen atoms in total. The first-order valence-electron chi connectivity index (χ1n) is 15.3. The van der Waals surface area contributed by atoms with Gasteiger partial charge in [-0.1, -0.05) is 29.8 Å². The highest BCUT2D eigenvalue weighted by atomic mass is 35.5. The Bertz CT molecular complexity index is 1810. The fraction of sp³-hybridized carbons (Fsp3) is 0.371. The summed E-state index contributed by atoms with van der Waals surface area (Å²) in [5.41, 5.74) is 3.14. The lowest BCUT2D eigenvalue weighted by atomic mass is 9.86. The Kier molecular flexibility index (Phi) is 7.86. The second kappa shape index (κ2) is 11.8. The SMILES string of the molecule is COC(=O)c1ccc2nc(CN3CCC(c4cccc5c4OC(c4ccc(Cl)cc4F)C=C5F)CC3)n(CC3(CF)CC3)c2c1. The molecule has 1 unspecified atom stereocenters. The topological polar surface area (TPSA) is 56.6 Å². The standard InChI is InChI=1S/C35H33ClF3N3O3/c1-44-34(43)22-5-8-29-30(15-22)42(20-35(19-37)11-12-35)32(40-29)18-41-13-9-21(10-14-41)24-3-2-4-26-28(39)17-31(45-33(24)26)25-7-6-23(36)16-27(25)38/h2-8,15-17,21,31H,9-14,18-20H2,1H3. The number of methoxy groups -OCH3 is 1. The lowest BCUT2D eigenvalue weighted by Gasteiger charge is -2.34. The zero-order chi connectivity index (χ0) is 31.3. The minimum atomic E-state index is -0.900. The number of benzene rings is 3. The van der Waals surface area contributed by atoms with Gasteiger partial charge in [-0.25, -0.2) is 18.6 Å². The normalized spacial score (nSPS) is 19.6. The van der Waals surface area contributed by atoms with Crippen LogP contribution in [0.2, 0.25) is 5.02 Å². The third-order valence-electron chi connectivity index (χ3n) is 9.49. The third kappa shape index (κ3) is 5.72. The Morgan fingerprint density at radius 1 is 1.09 bits per heavy atom. The molecule has 0 spiro atoms. The number of nitrogens with zero attached hydrogens (tertiary/aromatic N) is 3. The molecule has 1 saturated heterocycles. The molecule has 1 saturated carbocycles. The van der Waals surface area contributed by atoms with Crippen molar-refractivity contribution in [2.75, 3.05) is 26.9 Å². The summed E-state index contributed by atoms with van der Waals surface area (Å²) in [5.74, 6) is 0.0147. The molecule has 1 atom stereocenters. The van der Waals surface area contributed by atoms with Gasteiger partial charge in [0, 0.05) is 22.5 Å². The number of halogens is 4. The summed E-state index contributed by atoms with van der Waals surface area (Å²) in [6.45, 7) is 2.24. The maximum absolute atomic E-state index is 15.3. The molecule has 1 aromatic heterocycles. The summed E-state index contributed by atoms with van der Waals surface area (Å²) in [6, 6.07) is 15.1. The van der Waals surface area contributed by atoms with E-state index in [2.05, 4.69) is 9.47 Å². The minimum absolute atomic E-state index is 0.125. The highest BCUT2D eigenvalue weighted by molar-refractivity contribution is 6.30. The molecule has 2 aliphatic heterocycles. The largest absolute Gasteiger partial charge is 0.480 e. The molecule has 3 heterocycles. The number of ether oxygens (including phenoxy) is 2. The molecule has 3 aromatic carbocycles. The Labute approximate surface area is 264 Å². The number of piperidine rings is 1. The number of carbonyl (C=O) groups excluding carboxylic acids is 1. The first-order valence-corrected chi connectivity index (χ1v) is 15.6. The van der Waals surface area contributed by atoms with Gasteiger partial charge in [0.25, 0.3) is 0 Å². The predicted molar refractivity (Wildman–Crippen MR) is 166 cm³/mol. The summed E-state index contributed by atoms with van der Waals surface area (Å²) in [7, 11) is 1.35. The molecule has 0 radical (unpaired) electrons. The predicted octanol–water partition coefficient (Wildman–Crippen LogP) is 8.19. The van der Waals surface area contributed by atoms with Crippen molar-refractivity contribution in [3.8, 4) is 5.75 Å². The molecule has 0 N–H and O–H groups in total. The van der Waals surface area contributed by atoms with E-state index in [9.17, 15) is 13.6 Å². The van der Waals surface area contributed by atoms with E-state index in [1.165, 1.54) is 25.3 Å². The number of aromatic nitrogens is 2. The number of fused-ring (bicyclic) bond motifs is 2. The second-order valence-electron chi connectivity index (χ2n) is 12.4. The van der Waals surface area contributed by atoms with E-state index in [0.29, 0.717) is 30.0 Å². The van der Waals surface area contributed by atoms with E-state index in [1.54, 1.807) is 24.3 Å². The summed E-state index contributed by atoms with van der Waals surface area (Å²) in [4.78, 5) is 19.5. The van der Waals surface area contributed by atoms with Gasteiger partial charge in [0.05, 0.1) is 42.5 Å². The molecule has 0 bridgehead atoms. The van der Waals surface area contributed by atoms with E-state index >= 15 is 4.39 Å². The van der Waals surface area contributed by atoms with Gasteiger partial charge in [-0.15, -0.1) is 0 Å². The van der Waals surface area contributed by atoms with E-state index in [-0.39, 0.29) is 28.6 Å².